The average molecular weight is 723 g/mol. The van der Waals surface area contributed by atoms with Gasteiger partial charge in [-0.2, -0.15) is 11.8 Å². The molecule has 3 N–H and O–H groups in total. The first kappa shape index (κ1) is 43.0. The van der Waals surface area contributed by atoms with Crippen LogP contribution in [0.3, 0.4) is 0 Å². The molecule has 16 heteroatoms. The summed E-state index contributed by atoms with van der Waals surface area (Å²) < 4.78 is 16.5. The number of nitrogens with one attached hydrogen (secondary N) is 3. The summed E-state index contributed by atoms with van der Waals surface area (Å²) in [6.45, 7) is 14.2. The fourth-order valence-electron chi connectivity index (χ4n) is 4.19. The molecular weight excluding hydrogens is 669 g/mol. The van der Waals surface area contributed by atoms with E-state index in [9.17, 15) is 28.8 Å². The van der Waals surface area contributed by atoms with Crippen molar-refractivity contribution in [3.8, 4) is 0 Å². The first-order valence-corrected chi connectivity index (χ1v) is 19.4. The van der Waals surface area contributed by atoms with Gasteiger partial charge in [0.2, 0.25) is 29.5 Å². The van der Waals surface area contributed by atoms with E-state index in [0.717, 1.165) is 0 Å². The molecule has 1 saturated heterocycles. The monoisotopic (exact) mass is 722 g/mol. The molecule has 1 aliphatic rings. The van der Waals surface area contributed by atoms with Gasteiger partial charge in [0.15, 0.2) is 0 Å². The van der Waals surface area contributed by atoms with E-state index in [1.807, 2.05) is 41.5 Å². The maximum absolute atomic E-state index is 12.3. The molecule has 0 aromatic rings. The van der Waals surface area contributed by atoms with Crippen molar-refractivity contribution in [2.45, 2.75) is 101 Å². The number of hydrogen-bond acceptors (Lipinski definition) is 12. The molecule has 1 atom stereocenters. The molecule has 1 unspecified atom stereocenters. The minimum atomic E-state index is -0.509. The SMILES string of the molecule is CSC1CC(=O)N(CCC(=O)NCCC(C)(C)OCCC(C)(C)OCCC(=O)NCCNC(=O)CCSSC(C)(C)COC=O)C1=O. The van der Waals surface area contributed by atoms with Gasteiger partial charge in [0.25, 0.3) is 6.47 Å². The second-order valence-corrected chi connectivity index (χ2v) is 17.1. The van der Waals surface area contributed by atoms with Gasteiger partial charge in [-0.3, -0.25) is 33.7 Å². The maximum Gasteiger partial charge on any atom is 0.293 e. The van der Waals surface area contributed by atoms with Gasteiger partial charge >= 0.3 is 0 Å². The van der Waals surface area contributed by atoms with Crippen LogP contribution in [0.4, 0.5) is 0 Å². The number of carbonyl (C=O) groups excluding carboxylic acids is 6. The summed E-state index contributed by atoms with van der Waals surface area (Å²) >= 11 is 1.35. The molecule has 1 aliphatic heterocycles. The maximum atomic E-state index is 12.3. The predicted molar refractivity (Wildman–Crippen MR) is 187 cm³/mol. The van der Waals surface area contributed by atoms with Crippen LogP contribution in [0.15, 0.2) is 0 Å². The Hall–Kier alpha value is -2.01. The highest BCUT2D eigenvalue weighted by atomic mass is 33.1. The van der Waals surface area contributed by atoms with Gasteiger partial charge in [0.1, 0.15) is 6.61 Å². The molecule has 0 aromatic heterocycles. The Morgan fingerprint density at radius 1 is 0.851 bits per heavy atom. The molecule has 0 bridgehead atoms. The second kappa shape index (κ2) is 21.9. The Kier molecular flexibility index (Phi) is 20.0. The first-order valence-electron chi connectivity index (χ1n) is 15.8. The number of thioether (sulfide) groups is 1. The van der Waals surface area contributed by atoms with Crippen LogP contribution in [0.25, 0.3) is 0 Å². The van der Waals surface area contributed by atoms with Crippen molar-refractivity contribution in [2.24, 2.45) is 0 Å². The second-order valence-electron chi connectivity index (χ2n) is 12.9. The molecule has 0 aromatic carbocycles. The van der Waals surface area contributed by atoms with Crippen LogP contribution in [0.5, 0.6) is 0 Å². The highest BCUT2D eigenvalue weighted by Gasteiger charge is 2.37. The normalized spacial score (nSPS) is 15.5. The number of ether oxygens (including phenoxy) is 3. The fraction of sp³-hybridized carbons (Fsp3) is 0.806. The summed E-state index contributed by atoms with van der Waals surface area (Å²) in [6.07, 6.45) is 3.78. The molecule has 13 nitrogen and oxygen atoms in total. The van der Waals surface area contributed by atoms with Crippen LogP contribution in [-0.2, 0) is 43.0 Å². The molecule has 0 radical (unpaired) electrons. The summed E-state index contributed by atoms with van der Waals surface area (Å²) in [5, 5.41) is 8.05. The van der Waals surface area contributed by atoms with Gasteiger partial charge < -0.3 is 30.2 Å². The third-order valence-corrected chi connectivity index (χ3v) is 11.3. The number of carbonyl (C=O) groups is 6. The highest BCUT2D eigenvalue weighted by molar-refractivity contribution is 8.77. The van der Waals surface area contributed by atoms with E-state index < -0.39 is 11.2 Å². The van der Waals surface area contributed by atoms with Gasteiger partial charge in [0.05, 0.1) is 34.4 Å². The Morgan fingerprint density at radius 3 is 2.04 bits per heavy atom. The number of amides is 5. The van der Waals surface area contributed by atoms with Gasteiger partial charge in [-0.1, -0.05) is 21.6 Å². The third kappa shape index (κ3) is 19.5. The topological polar surface area (TPSA) is 169 Å². The smallest absolute Gasteiger partial charge is 0.293 e. The number of nitrogens with zero attached hydrogens (tertiary/aromatic N) is 1. The van der Waals surface area contributed by atoms with Crippen molar-refractivity contribution in [3.63, 3.8) is 0 Å². The van der Waals surface area contributed by atoms with E-state index >= 15 is 0 Å². The highest BCUT2D eigenvalue weighted by Crippen LogP contribution is 2.36. The van der Waals surface area contributed by atoms with Crippen LogP contribution in [-0.4, -0.2) is 120 Å². The standard InChI is InChI=1S/C31H54N4O9S3/c1-29(2,11-13-32-24(37)8-16-35-27(40)20-23(45-7)28(35)41)44-18-12-30(3,4)43-17-9-25(38)33-14-15-34-26(39)10-19-46-47-31(5,6)21-42-22-36/h22-23H,8-21H2,1-7H3,(H,32,37)(H,33,38)(H,34,39). The van der Waals surface area contributed by atoms with Gasteiger partial charge in [-0.05, 0) is 60.6 Å². The van der Waals surface area contributed by atoms with E-state index in [1.165, 1.54) is 16.7 Å². The van der Waals surface area contributed by atoms with E-state index in [2.05, 4.69) is 16.0 Å². The largest absolute Gasteiger partial charge is 0.466 e. The minimum Gasteiger partial charge on any atom is -0.466 e. The van der Waals surface area contributed by atoms with Crippen molar-refractivity contribution < 1.29 is 43.0 Å². The molecule has 0 spiro atoms. The van der Waals surface area contributed by atoms with Crippen LogP contribution < -0.4 is 16.0 Å². The van der Waals surface area contributed by atoms with Crippen molar-refractivity contribution in [2.75, 3.05) is 58.0 Å². The lowest BCUT2D eigenvalue weighted by Crippen LogP contribution is -2.37. The molecule has 1 heterocycles. The van der Waals surface area contributed by atoms with E-state index in [0.29, 0.717) is 64.3 Å². The molecule has 0 saturated carbocycles. The minimum absolute atomic E-state index is 0.0702. The van der Waals surface area contributed by atoms with E-state index in [1.54, 1.807) is 27.8 Å². The van der Waals surface area contributed by atoms with Crippen LogP contribution in [0.1, 0.15) is 80.1 Å². The first-order chi connectivity index (χ1) is 22.0. The summed E-state index contributed by atoms with van der Waals surface area (Å²) in [5.74, 6) is -0.307. The number of imide groups is 1. The van der Waals surface area contributed by atoms with Crippen LogP contribution in [0.2, 0.25) is 0 Å². The van der Waals surface area contributed by atoms with Gasteiger partial charge in [-0.25, -0.2) is 0 Å². The molecule has 1 fully saturated rings. The summed E-state index contributed by atoms with van der Waals surface area (Å²) in [7, 11) is 3.11. The van der Waals surface area contributed by atoms with Crippen molar-refractivity contribution >= 4 is 69.4 Å². The van der Waals surface area contributed by atoms with Crippen molar-refractivity contribution in [3.05, 3.63) is 0 Å². The number of likely N-dealkylation sites (tertiary alicyclic amines) is 1. The zero-order valence-electron chi connectivity index (χ0n) is 28.9. The Labute approximate surface area is 291 Å². The molecule has 47 heavy (non-hydrogen) atoms. The Bertz CT molecular complexity index is 1040. The quantitative estimate of drug-likeness (QED) is 0.0518. The number of hydrogen-bond donors (Lipinski definition) is 3. The summed E-state index contributed by atoms with van der Waals surface area (Å²) in [6, 6.07) is 0. The van der Waals surface area contributed by atoms with Crippen molar-refractivity contribution in [1.29, 1.82) is 0 Å². The molecule has 0 aliphatic carbocycles. The Balaban J connectivity index is 2.13. The predicted octanol–water partition coefficient (Wildman–Crippen LogP) is 2.70. The molecular formula is C31H54N4O9S3. The summed E-state index contributed by atoms with van der Waals surface area (Å²) in [5.41, 5.74) is -1.00. The lowest BCUT2D eigenvalue weighted by molar-refractivity contribution is -0.138. The Morgan fingerprint density at radius 2 is 1.43 bits per heavy atom. The van der Waals surface area contributed by atoms with Gasteiger partial charge in [-0.15, -0.1) is 0 Å². The average Bonchev–Trinajstić information content (AvgIpc) is 3.26. The fourth-order valence-corrected chi connectivity index (χ4v) is 7.22. The van der Waals surface area contributed by atoms with E-state index in [4.69, 9.17) is 14.2 Å². The summed E-state index contributed by atoms with van der Waals surface area (Å²) in [4.78, 5) is 72.2. The zero-order chi connectivity index (χ0) is 35.5. The molecule has 1 rings (SSSR count). The molecule has 270 valence electrons. The lowest BCUT2D eigenvalue weighted by atomic mass is 10.0. The third-order valence-electron chi connectivity index (χ3n) is 7.08. The van der Waals surface area contributed by atoms with Crippen LogP contribution in [0, 0.1) is 0 Å². The number of rotatable bonds is 26. The van der Waals surface area contributed by atoms with Gasteiger partial charge in [0, 0.05) is 57.6 Å². The lowest BCUT2D eigenvalue weighted by Gasteiger charge is -2.30. The molecule has 5 amide bonds. The van der Waals surface area contributed by atoms with E-state index in [-0.39, 0.29) is 71.9 Å². The van der Waals surface area contributed by atoms with Crippen LogP contribution >= 0.6 is 33.3 Å². The van der Waals surface area contributed by atoms with Crippen molar-refractivity contribution in [1.82, 2.24) is 20.9 Å². The zero-order valence-corrected chi connectivity index (χ0v) is 31.3.